The van der Waals surface area contributed by atoms with Crippen LogP contribution in [0.5, 0.6) is 5.75 Å². The lowest BCUT2D eigenvalue weighted by Gasteiger charge is -2.04. The van der Waals surface area contributed by atoms with Crippen LogP contribution in [-0.2, 0) is 0 Å². The molecule has 60 valence electrons. The Morgan fingerprint density at radius 1 is 1.45 bits per heavy atom. The molecule has 0 atom stereocenters. The first-order valence-electron chi connectivity index (χ1n) is 3.36. The van der Waals surface area contributed by atoms with Crippen molar-refractivity contribution < 1.29 is 4.74 Å². The van der Waals surface area contributed by atoms with Crippen LogP contribution in [0, 0.1) is 0 Å². The van der Waals surface area contributed by atoms with E-state index in [1.54, 1.807) is 31.6 Å². The Bertz CT molecular complexity index is 190. The molecule has 2 N–H and O–H groups in total. The summed E-state index contributed by atoms with van der Waals surface area (Å²) in [6, 6.07) is 3.61. The van der Waals surface area contributed by atoms with Gasteiger partial charge in [0.05, 0.1) is 0 Å². The van der Waals surface area contributed by atoms with Gasteiger partial charge in [0.15, 0.2) is 6.73 Å². The zero-order valence-corrected chi connectivity index (χ0v) is 6.37. The van der Waals surface area contributed by atoms with Gasteiger partial charge in [-0.25, -0.2) is 5.43 Å². The van der Waals surface area contributed by atoms with E-state index >= 15 is 0 Å². The van der Waals surface area contributed by atoms with Crippen molar-refractivity contribution in [2.75, 3.05) is 13.8 Å². The Labute approximate surface area is 65.6 Å². The van der Waals surface area contributed by atoms with E-state index in [0.29, 0.717) is 6.73 Å². The van der Waals surface area contributed by atoms with Crippen LogP contribution in [0.3, 0.4) is 0 Å². The second-order valence-electron chi connectivity index (χ2n) is 1.90. The number of nitrogens with zero attached hydrogens (tertiary/aromatic N) is 1. The highest BCUT2D eigenvalue weighted by Gasteiger charge is 1.87. The smallest absolute Gasteiger partial charge is 0.151 e. The van der Waals surface area contributed by atoms with Gasteiger partial charge in [0.25, 0.3) is 0 Å². The fraction of sp³-hybridized carbons (Fsp3) is 0.286. The van der Waals surface area contributed by atoms with Gasteiger partial charge in [-0.1, -0.05) is 0 Å². The molecule has 1 rings (SSSR count). The average Bonchev–Trinajstić information content (AvgIpc) is 2.07. The highest BCUT2D eigenvalue weighted by molar-refractivity contribution is 5.16. The van der Waals surface area contributed by atoms with E-state index in [0.717, 1.165) is 5.75 Å². The summed E-state index contributed by atoms with van der Waals surface area (Å²) in [6.07, 6.45) is 3.38. The molecule has 1 heterocycles. The summed E-state index contributed by atoms with van der Waals surface area (Å²) in [6.45, 7) is 0.445. The Morgan fingerprint density at radius 2 is 2.18 bits per heavy atom. The maximum Gasteiger partial charge on any atom is 0.151 e. The van der Waals surface area contributed by atoms with Crippen LogP contribution in [0.15, 0.2) is 24.5 Å². The van der Waals surface area contributed by atoms with Gasteiger partial charge < -0.3 is 4.74 Å². The fourth-order valence-electron chi connectivity index (χ4n) is 0.626. The molecule has 0 spiro atoms. The summed E-state index contributed by atoms with van der Waals surface area (Å²) in [5.41, 5.74) is 5.55. The molecule has 4 heteroatoms. The molecule has 0 aliphatic carbocycles. The number of pyridine rings is 1. The lowest BCUT2D eigenvalue weighted by Crippen LogP contribution is -2.31. The van der Waals surface area contributed by atoms with Crippen molar-refractivity contribution in [3.05, 3.63) is 24.5 Å². The average molecular weight is 153 g/mol. The minimum absolute atomic E-state index is 0.445. The highest BCUT2D eigenvalue weighted by atomic mass is 16.5. The maximum atomic E-state index is 5.23. The van der Waals surface area contributed by atoms with Gasteiger partial charge in [0.1, 0.15) is 5.75 Å². The number of rotatable bonds is 4. The minimum atomic E-state index is 0.445. The third-order valence-electron chi connectivity index (χ3n) is 1.14. The van der Waals surface area contributed by atoms with E-state index in [1.165, 1.54) is 0 Å². The van der Waals surface area contributed by atoms with Crippen molar-refractivity contribution in [3.8, 4) is 5.75 Å². The van der Waals surface area contributed by atoms with E-state index in [2.05, 4.69) is 15.8 Å². The molecule has 0 aliphatic rings. The van der Waals surface area contributed by atoms with Crippen LogP contribution >= 0.6 is 0 Å². The predicted octanol–water partition coefficient (Wildman–Crippen LogP) is 0.142. The number of nitrogens with one attached hydrogen (secondary N) is 2. The summed E-state index contributed by atoms with van der Waals surface area (Å²) in [4.78, 5) is 3.86. The normalized spacial score (nSPS) is 9.55. The van der Waals surface area contributed by atoms with Crippen LogP contribution < -0.4 is 15.6 Å². The Hall–Kier alpha value is -1.13. The molecular formula is C7H11N3O. The topological polar surface area (TPSA) is 46.2 Å². The van der Waals surface area contributed by atoms with E-state index in [4.69, 9.17) is 4.74 Å². The van der Waals surface area contributed by atoms with Gasteiger partial charge in [-0.05, 0) is 19.2 Å². The van der Waals surface area contributed by atoms with Crippen LogP contribution in [0.25, 0.3) is 0 Å². The van der Waals surface area contributed by atoms with E-state index in [-0.39, 0.29) is 0 Å². The van der Waals surface area contributed by atoms with E-state index < -0.39 is 0 Å². The van der Waals surface area contributed by atoms with Crippen molar-refractivity contribution in [1.29, 1.82) is 0 Å². The van der Waals surface area contributed by atoms with Gasteiger partial charge in [0.2, 0.25) is 0 Å². The van der Waals surface area contributed by atoms with Crippen molar-refractivity contribution >= 4 is 0 Å². The van der Waals surface area contributed by atoms with Gasteiger partial charge >= 0.3 is 0 Å². The second-order valence-corrected chi connectivity index (χ2v) is 1.90. The summed E-state index contributed by atoms with van der Waals surface area (Å²) in [5, 5.41) is 0. The van der Waals surface area contributed by atoms with Crippen LogP contribution in [0.4, 0.5) is 0 Å². The van der Waals surface area contributed by atoms with E-state index in [1.807, 2.05) is 0 Å². The molecule has 0 saturated heterocycles. The molecule has 4 nitrogen and oxygen atoms in total. The zero-order chi connectivity index (χ0) is 7.94. The standard InChI is InChI=1S/C7H11N3O/c1-8-10-6-11-7-2-4-9-5-3-7/h2-5,8,10H,6H2,1H3. The summed E-state index contributed by atoms with van der Waals surface area (Å²) < 4.78 is 5.23. The molecule has 1 aromatic heterocycles. The Balaban J connectivity index is 2.28. The largest absolute Gasteiger partial charge is 0.477 e. The lowest BCUT2D eigenvalue weighted by molar-refractivity contribution is 0.267. The minimum Gasteiger partial charge on any atom is -0.477 e. The summed E-state index contributed by atoms with van der Waals surface area (Å²) >= 11 is 0. The van der Waals surface area contributed by atoms with Crippen molar-refractivity contribution in [2.45, 2.75) is 0 Å². The Kier molecular flexibility index (Phi) is 3.37. The van der Waals surface area contributed by atoms with Crippen LogP contribution in [0.2, 0.25) is 0 Å². The van der Waals surface area contributed by atoms with Gasteiger partial charge in [-0.2, -0.15) is 0 Å². The molecule has 0 bridgehead atoms. The van der Waals surface area contributed by atoms with Crippen LogP contribution in [0.1, 0.15) is 0 Å². The third kappa shape index (κ3) is 2.97. The van der Waals surface area contributed by atoms with Gasteiger partial charge in [-0.15, -0.1) is 0 Å². The highest BCUT2D eigenvalue weighted by Crippen LogP contribution is 2.04. The first-order valence-corrected chi connectivity index (χ1v) is 3.36. The molecule has 11 heavy (non-hydrogen) atoms. The number of aromatic nitrogens is 1. The Morgan fingerprint density at radius 3 is 2.82 bits per heavy atom. The quantitative estimate of drug-likeness (QED) is 0.367. The maximum absolute atomic E-state index is 5.23. The van der Waals surface area contributed by atoms with Crippen molar-refractivity contribution in [3.63, 3.8) is 0 Å². The fourth-order valence-corrected chi connectivity index (χ4v) is 0.626. The number of hydrazine groups is 1. The summed E-state index contributed by atoms with van der Waals surface area (Å²) in [5.74, 6) is 0.808. The number of hydrogen-bond donors (Lipinski definition) is 2. The molecule has 0 radical (unpaired) electrons. The summed E-state index contributed by atoms with van der Waals surface area (Å²) in [7, 11) is 1.79. The SMILES string of the molecule is CNNCOc1ccncc1. The molecule has 0 unspecified atom stereocenters. The molecule has 1 aromatic rings. The molecule has 0 aromatic carbocycles. The molecule has 0 fully saturated rings. The van der Waals surface area contributed by atoms with Crippen molar-refractivity contribution in [1.82, 2.24) is 15.8 Å². The first kappa shape index (κ1) is 7.97. The van der Waals surface area contributed by atoms with Crippen LogP contribution in [-0.4, -0.2) is 18.8 Å². The second kappa shape index (κ2) is 4.65. The zero-order valence-electron chi connectivity index (χ0n) is 6.37. The molecule has 0 aliphatic heterocycles. The number of ether oxygens (including phenoxy) is 1. The first-order chi connectivity index (χ1) is 5.43. The van der Waals surface area contributed by atoms with Gasteiger partial charge in [-0.3, -0.25) is 10.4 Å². The van der Waals surface area contributed by atoms with Crippen molar-refractivity contribution in [2.24, 2.45) is 0 Å². The number of hydrogen-bond acceptors (Lipinski definition) is 4. The predicted molar refractivity (Wildman–Crippen MR) is 41.9 cm³/mol. The monoisotopic (exact) mass is 153 g/mol. The molecule has 0 saturated carbocycles. The third-order valence-corrected chi connectivity index (χ3v) is 1.14. The molecular weight excluding hydrogens is 142 g/mol. The van der Waals surface area contributed by atoms with E-state index in [9.17, 15) is 0 Å². The van der Waals surface area contributed by atoms with Gasteiger partial charge in [0, 0.05) is 12.4 Å². The lowest BCUT2D eigenvalue weighted by atomic mass is 10.5. The molecule has 0 amide bonds.